The molecule has 3 aromatic rings. The zero-order chi connectivity index (χ0) is 17.6. The standard InChI is InChI=1S/C15H6Br2Cl2O4S/c16-8-3-7-4-13(15(20)23-14(7)10(17)5-8)24(21,22)9-1-2-11(18)12(19)6-9/h1-6H. The van der Waals surface area contributed by atoms with Crippen LogP contribution in [0.25, 0.3) is 11.0 Å². The Hall–Kier alpha value is -0.860. The van der Waals surface area contributed by atoms with E-state index in [0.717, 1.165) is 0 Å². The normalized spacial score (nSPS) is 11.8. The number of fused-ring (bicyclic) bond motifs is 1. The van der Waals surface area contributed by atoms with Gasteiger partial charge in [-0.3, -0.25) is 0 Å². The monoisotopic (exact) mass is 510 g/mol. The minimum absolute atomic E-state index is 0.0772. The maximum absolute atomic E-state index is 12.7. The number of hydrogen-bond acceptors (Lipinski definition) is 4. The van der Waals surface area contributed by atoms with Crippen LogP contribution in [-0.2, 0) is 9.84 Å². The highest BCUT2D eigenvalue weighted by molar-refractivity contribution is 9.11. The smallest absolute Gasteiger partial charge is 0.355 e. The molecule has 0 radical (unpaired) electrons. The van der Waals surface area contributed by atoms with Crippen molar-refractivity contribution in [2.24, 2.45) is 0 Å². The molecule has 24 heavy (non-hydrogen) atoms. The van der Waals surface area contributed by atoms with E-state index in [0.29, 0.717) is 14.3 Å². The van der Waals surface area contributed by atoms with Crippen molar-refractivity contribution in [1.29, 1.82) is 0 Å². The van der Waals surface area contributed by atoms with E-state index in [1.54, 1.807) is 12.1 Å². The summed E-state index contributed by atoms with van der Waals surface area (Å²) in [7, 11) is -4.11. The third-order valence-electron chi connectivity index (χ3n) is 3.21. The van der Waals surface area contributed by atoms with E-state index in [1.807, 2.05) is 0 Å². The summed E-state index contributed by atoms with van der Waals surface area (Å²) in [5.41, 5.74) is -0.701. The van der Waals surface area contributed by atoms with Crippen LogP contribution >= 0.6 is 55.1 Å². The summed E-state index contributed by atoms with van der Waals surface area (Å²) in [6, 6.07) is 8.44. The van der Waals surface area contributed by atoms with Crippen LogP contribution in [0, 0.1) is 0 Å². The Kier molecular flexibility index (Phi) is 4.83. The third-order valence-corrected chi connectivity index (χ3v) is 6.73. The quantitative estimate of drug-likeness (QED) is 0.428. The molecule has 1 aromatic heterocycles. The molecule has 0 amide bonds. The van der Waals surface area contributed by atoms with Crippen LogP contribution in [0.5, 0.6) is 0 Å². The van der Waals surface area contributed by atoms with E-state index < -0.39 is 20.4 Å². The van der Waals surface area contributed by atoms with Crippen LogP contribution in [-0.4, -0.2) is 8.42 Å². The molecule has 9 heteroatoms. The van der Waals surface area contributed by atoms with Crippen molar-refractivity contribution in [2.75, 3.05) is 0 Å². The first-order chi connectivity index (χ1) is 11.2. The molecule has 124 valence electrons. The van der Waals surface area contributed by atoms with Crippen molar-refractivity contribution in [1.82, 2.24) is 0 Å². The Morgan fingerprint density at radius 3 is 2.33 bits per heavy atom. The summed E-state index contributed by atoms with van der Waals surface area (Å²) in [5.74, 6) is 0. The van der Waals surface area contributed by atoms with E-state index in [1.165, 1.54) is 24.3 Å². The molecule has 0 saturated carbocycles. The molecule has 0 bridgehead atoms. The lowest BCUT2D eigenvalue weighted by Crippen LogP contribution is -2.14. The number of sulfone groups is 1. The van der Waals surface area contributed by atoms with Gasteiger partial charge in [-0.25, -0.2) is 13.2 Å². The van der Waals surface area contributed by atoms with Crippen LogP contribution in [0.4, 0.5) is 0 Å². The van der Waals surface area contributed by atoms with Crippen molar-refractivity contribution >= 4 is 75.9 Å². The molecule has 0 unspecified atom stereocenters. The molecular formula is C15H6Br2Cl2O4S. The Morgan fingerprint density at radius 1 is 0.958 bits per heavy atom. The first-order valence-corrected chi connectivity index (χ1v) is 10.2. The number of rotatable bonds is 2. The molecule has 2 aromatic carbocycles. The van der Waals surface area contributed by atoms with Gasteiger partial charge in [0.25, 0.3) is 0 Å². The fraction of sp³-hybridized carbons (Fsp3) is 0. The molecular weight excluding hydrogens is 507 g/mol. The summed E-state index contributed by atoms with van der Waals surface area (Å²) < 4.78 is 31.9. The van der Waals surface area contributed by atoms with Crippen molar-refractivity contribution in [3.8, 4) is 0 Å². The molecule has 0 atom stereocenters. The fourth-order valence-corrected chi connectivity index (χ4v) is 5.12. The molecule has 4 nitrogen and oxygen atoms in total. The molecule has 3 rings (SSSR count). The first kappa shape index (κ1) is 17.9. The molecule has 0 N–H and O–H groups in total. The van der Waals surface area contributed by atoms with Gasteiger partial charge in [-0.2, -0.15) is 0 Å². The Balaban J connectivity index is 2.30. The van der Waals surface area contributed by atoms with E-state index in [-0.39, 0.29) is 20.5 Å². The van der Waals surface area contributed by atoms with Gasteiger partial charge in [0.15, 0.2) is 10.5 Å². The van der Waals surface area contributed by atoms with Crippen LogP contribution in [0.2, 0.25) is 10.0 Å². The Morgan fingerprint density at radius 2 is 1.67 bits per heavy atom. The maximum Gasteiger partial charge on any atom is 0.355 e. The van der Waals surface area contributed by atoms with Crippen LogP contribution in [0.3, 0.4) is 0 Å². The summed E-state index contributed by atoms with van der Waals surface area (Å²) in [6.45, 7) is 0. The molecule has 1 heterocycles. The third kappa shape index (κ3) is 3.15. The SMILES string of the molecule is O=c1oc2c(Br)cc(Br)cc2cc1S(=O)(=O)c1ccc(Cl)c(Cl)c1. The van der Waals surface area contributed by atoms with Gasteiger partial charge in [0.05, 0.1) is 19.4 Å². The predicted octanol–water partition coefficient (Wildman–Crippen LogP) is 5.46. The molecule has 0 aliphatic rings. The summed E-state index contributed by atoms with van der Waals surface area (Å²) >= 11 is 18.3. The highest BCUT2D eigenvalue weighted by Crippen LogP contribution is 2.31. The zero-order valence-electron chi connectivity index (χ0n) is 11.5. The van der Waals surface area contributed by atoms with Gasteiger partial charge in [0, 0.05) is 9.86 Å². The zero-order valence-corrected chi connectivity index (χ0v) is 17.0. The second kappa shape index (κ2) is 6.46. The van der Waals surface area contributed by atoms with Crippen LogP contribution < -0.4 is 5.63 Å². The predicted molar refractivity (Wildman–Crippen MR) is 99.8 cm³/mol. The minimum Gasteiger partial charge on any atom is -0.421 e. The second-order valence-electron chi connectivity index (χ2n) is 4.78. The van der Waals surface area contributed by atoms with Gasteiger partial charge >= 0.3 is 5.63 Å². The molecule has 0 aliphatic carbocycles. The van der Waals surface area contributed by atoms with Crippen LogP contribution in [0.15, 0.2) is 64.3 Å². The number of benzene rings is 2. The Labute approximate surface area is 163 Å². The average Bonchev–Trinajstić information content (AvgIpc) is 2.50. The molecule has 0 aliphatic heterocycles. The largest absolute Gasteiger partial charge is 0.421 e. The molecule has 0 fully saturated rings. The highest BCUT2D eigenvalue weighted by Gasteiger charge is 2.24. The summed E-state index contributed by atoms with van der Waals surface area (Å²) in [5, 5.41) is 0.747. The van der Waals surface area contributed by atoms with Gasteiger partial charge in [-0.05, 0) is 52.3 Å². The average molecular weight is 513 g/mol. The second-order valence-corrected chi connectivity index (χ2v) is 9.29. The van der Waals surface area contributed by atoms with Crippen LogP contribution in [0.1, 0.15) is 0 Å². The summed E-state index contributed by atoms with van der Waals surface area (Å²) in [6.07, 6.45) is 0. The number of halogens is 4. The van der Waals surface area contributed by atoms with Crippen molar-refractivity contribution in [3.63, 3.8) is 0 Å². The van der Waals surface area contributed by atoms with Crippen molar-refractivity contribution in [3.05, 3.63) is 65.8 Å². The molecule has 0 spiro atoms. The summed E-state index contributed by atoms with van der Waals surface area (Å²) in [4.78, 5) is 11.6. The van der Waals surface area contributed by atoms with Crippen molar-refractivity contribution in [2.45, 2.75) is 9.79 Å². The minimum atomic E-state index is -4.11. The first-order valence-electron chi connectivity index (χ1n) is 6.33. The topological polar surface area (TPSA) is 64.3 Å². The van der Waals surface area contributed by atoms with Gasteiger partial charge in [0.2, 0.25) is 9.84 Å². The van der Waals surface area contributed by atoms with Gasteiger partial charge in [0.1, 0.15) is 0 Å². The van der Waals surface area contributed by atoms with E-state index in [2.05, 4.69) is 31.9 Å². The van der Waals surface area contributed by atoms with E-state index >= 15 is 0 Å². The van der Waals surface area contributed by atoms with E-state index in [4.69, 9.17) is 27.6 Å². The van der Waals surface area contributed by atoms with Crippen molar-refractivity contribution < 1.29 is 12.8 Å². The number of hydrogen-bond donors (Lipinski definition) is 0. The highest BCUT2D eigenvalue weighted by atomic mass is 79.9. The van der Waals surface area contributed by atoms with Gasteiger partial charge < -0.3 is 4.42 Å². The lowest BCUT2D eigenvalue weighted by Gasteiger charge is -2.07. The van der Waals surface area contributed by atoms with Gasteiger partial charge in [-0.1, -0.05) is 39.1 Å². The van der Waals surface area contributed by atoms with Gasteiger partial charge in [-0.15, -0.1) is 0 Å². The Bertz CT molecular complexity index is 1140. The molecule has 0 saturated heterocycles. The lowest BCUT2D eigenvalue weighted by atomic mass is 10.2. The fourth-order valence-electron chi connectivity index (χ4n) is 2.10. The maximum atomic E-state index is 12.7. The lowest BCUT2D eigenvalue weighted by molar-refractivity contribution is 0.531. The van der Waals surface area contributed by atoms with E-state index in [9.17, 15) is 13.2 Å².